The van der Waals surface area contributed by atoms with Crippen molar-refractivity contribution in [2.45, 2.75) is 43.4 Å². The molecular weight excluding hydrogens is 478 g/mol. The first-order chi connectivity index (χ1) is 18.4. The van der Waals surface area contributed by atoms with E-state index < -0.39 is 11.6 Å². The second kappa shape index (κ2) is 9.75. The van der Waals surface area contributed by atoms with E-state index in [0.717, 1.165) is 42.5 Å². The van der Waals surface area contributed by atoms with Crippen LogP contribution >= 0.6 is 0 Å². The molecule has 0 spiro atoms. The third-order valence-corrected chi connectivity index (χ3v) is 8.87. The van der Waals surface area contributed by atoms with Crippen molar-refractivity contribution in [1.82, 2.24) is 0 Å². The molecule has 1 aliphatic heterocycles. The molecule has 4 atom stereocenters. The highest BCUT2D eigenvalue weighted by atomic mass is 16.6. The predicted molar refractivity (Wildman–Crippen MR) is 142 cm³/mol. The van der Waals surface area contributed by atoms with Gasteiger partial charge in [-0.2, -0.15) is 0 Å². The third kappa shape index (κ3) is 4.26. The molecular formula is C32H35NO5. The summed E-state index contributed by atoms with van der Waals surface area (Å²) in [7, 11) is 4.54. The molecule has 198 valence electrons. The lowest BCUT2D eigenvalue weighted by Crippen LogP contribution is -2.54. The van der Waals surface area contributed by atoms with Crippen LogP contribution in [0.1, 0.15) is 36.8 Å². The van der Waals surface area contributed by atoms with Crippen LogP contribution in [0.5, 0.6) is 17.2 Å². The number of fused-ring (bicyclic) bond motifs is 4. The molecule has 2 fully saturated rings. The summed E-state index contributed by atoms with van der Waals surface area (Å²) in [5.41, 5.74) is -1.51. The molecule has 2 saturated carbocycles. The first-order valence-electron chi connectivity index (χ1n) is 13.7. The molecule has 38 heavy (non-hydrogen) atoms. The summed E-state index contributed by atoms with van der Waals surface area (Å²) in [6.07, 6.45) is 3.79. The van der Waals surface area contributed by atoms with Gasteiger partial charge < -0.3 is 23.8 Å². The summed E-state index contributed by atoms with van der Waals surface area (Å²) >= 11 is 0. The number of esters is 1. The molecule has 0 saturated heterocycles. The Morgan fingerprint density at radius 3 is 2.26 bits per heavy atom. The van der Waals surface area contributed by atoms with Crippen LogP contribution in [-0.2, 0) is 15.1 Å². The Morgan fingerprint density at radius 1 is 0.947 bits per heavy atom. The van der Waals surface area contributed by atoms with Crippen molar-refractivity contribution >= 4 is 5.97 Å². The van der Waals surface area contributed by atoms with Gasteiger partial charge >= 0.3 is 5.97 Å². The quantitative estimate of drug-likeness (QED) is 0.249. The van der Waals surface area contributed by atoms with Crippen LogP contribution in [0.4, 0.5) is 0 Å². The highest BCUT2D eigenvalue weighted by Gasteiger charge is 2.56. The van der Waals surface area contributed by atoms with Gasteiger partial charge in [0.05, 0.1) is 33.3 Å². The number of rotatable bonds is 8. The van der Waals surface area contributed by atoms with E-state index in [-0.39, 0.29) is 12.0 Å². The zero-order valence-corrected chi connectivity index (χ0v) is 22.0. The van der Waals surface area contributed by atoms with Gasteiger partial charge in [0.25, 0.3) is 0 Å². The minimum absolute atomic E-state index is 0.224. The van der Waals surface area contributed by atoms with Crippen molar-refractivity contribution in [2.24, 2.45) is 11.8 Å². The van der Waals surface area contributed by atoms with E-state index in [1.165, 1.54) is 0 Å². The molecule has 0 radical (unpaired) electrons. The lowest BCUT2D eigenvalue weighted by Gasteiger charge is -2.44. The maximum Gasteiger partial charge on any atom is 0.304 e. The van der Waals surface area contributed by atoms with E-state index >= 15 is 0 Å². The van der Waals surface area contributed by atoms with Crippen LogP contribution in [0.2, 0.25) is 0 Å². The Kier molecular flexibility index (Phi) is 6.40. The Labute approximate surface area is 224 Å². The van der Waals surface area contributed by atoms with E-state index in [1.807, 2.05) is 42.5 Å². The monoisotopic (exact) mass is 513 g/mol. The molecule has 6 heteroatoms. The van der Waals surface area contributed by atoms with Crippen LogP contribution in [0.25, 0.3) is 0 Å². The number of benzene rings is 3. The van der Waals surface area contributed by atoms with Crippen LogP contribution in [0.15, 0.2) is 78.9 Å². The van der Waals surface area contributed by atoms with Gasteiger partial charge in [-0.1, -0.05) is 54.6 Å². The summed E-state index contributed by atoms with van der Waals surface area (Å²) in [6.45, 7) is 1.65. The fourth-order valence-corrected chi connectivity index (χ4v) is 6.95. The van der Waals surface area contributed by atoms with Crippen molar-refractivity contribution in [3.63, 3.8) is 0 Å². The summed E-state index contributed by atoms with van der Waals surface area (Å²) in [4.78, 5) is 13.8. The van der Waals surface area contributed by atoms with Gasteiger partial charge in [-0.3, -0.25) is 4.79 Å². The van der Waals surface area contributed by atoms with E-state index in [2.05, 4.69) is 14.1 Å². The van der Waals surface area contributed by atoms with Gasteiger partial charge in [-0.05, 0) is 37.1 Å². The minimum Gasteiger partial charge on any atom is -0.834 e. The maximum absolute atomic E-state index is 14.5. The second-order valence-corrected chi connectivity index (χ2v) is 11.5. The van der Waals surface area contributed by atoms with Crippen molar-refractivity contribution in [3.05, 3.63) is 90.0 Å². The van der Waals surface area contributed by atoms with Gasteiger partial charge in [0.1, 0.15) is 23.4 Å². The molecule has 3 aromatic rings. The maximum atomic E-state index is 14.5. The van der Waals surface area contributed by atoms with Crippen LogP contribution < -0.4 is 14.6 Å². The molecule has 1 heterocycles. The Morgan fingerprint density at radius 2 is 1.58 bits per heavy atom. The normalized spacial score (nSPS) is 24.7. The number of carbonyl (C=O) groups is 1. The molecule has 2 aliphatic carbocycles. The molecule has 3 aliphatic rings. The van der Waals surface area contributed by atoms with Gasteiger partial charge in [-0.25, -0.2) is 0 Å². The largest absolute Gasteiger partial charge is 0.834 e. The zero-order valence-electron chi connectivity index (χ0n) is 22.0. The molecule has 0 aromatic heterocycles. The van der Waals surface area contributed by atoms with Crippen molar-refractivity contribution in [1.29, 1.82) is 0 Å². The topological polar surface area (TPSA) is 67.8 Å². The number of para-hydroxylation sites is 3. The van der Waals surface area contributed by atoms with Crippen molar-refractivity contribution < 1.29 is 28.6 Å². The predicted octanol–water partition coefficient (Wildman–Crippen LogP) is 4.65. The Bertz CT molecular complexity index is 1260. The first kappa shape index (κ1) is 25.0. The minimum atomic E-state index is -2.15. The zero-order chi connectivity index (χ0) is 26.3. The highest BCUT2D eigenvalue weighted by molar-refractivity contribution is 5.88. The molecule has 0 amide bonds. The fourth-order valence-electron chi connectivity index (χ4n) is 6.95. The van der Waals surface area contributed by atoms with Gasteiger partial charge in [0.2, 0.25) is 0 Å². The van der Waals surface area contributed by atoms with Gasteiger partial charge in [-0.15, -0.1) is 0 Å². The average molecular weight is 514 g/mol. The Balaban J connectivity index is 1.16. The van der Waals surface area contributed by atoms with E-state index in [4.69, 9.17) is 14.2 Å². The number of ether oxygens (including phenoxy) is 3. The van der Waals surface area contributed by atoms with Crippen LogP contribution in [-0.4, -0.2) is 49.8 Å². The second-order valence-electron chi connectivity index (χ2n) is 11.5. The molecule has 3 aromatic carbocycles. The molecule has 0 N–H and O–H groups in total. The fraction of sp³-hybridized carbons (Fsp3) is 0.406. The van der Waals surface area contributed by atoms with Crippen molar-refractivity contribution in [3.8, 4) is 17.2 Å². The van der Waals surface area contributed by atoms with E-state index in [9.17, 15) is 9.90 Å². The smallest absolute Gasteiger partial charge is 0.304 e. The van der Waals surface area contributed by atoms with Gasteiger partial charge in [0.15, 0.2) is 0 Å². The molecule has 6 rings (SSSR count). The number of nitrogens with zero attached hydrogens (tertiary/aromatic N) is 1. The average Bonchev–Trinajstić information content (AvgIpc) is 3.49. The van der Waals surface area contributed by atoms with Crippen LogP contribution in [0.3, 0.4) is 0 Å². The lowest BCUT2D eigenvalue weighted by molar-refractivity contribution is -0.918. The highest BCUT2D eigenvalue weighted by Crippen LogP contribution is 2.51. The third-order valence-electron chi connectivity index (χ3n) is 8.87. The van der Waals surface area contributed by atoms with Crippen LogP contribution in [0, 0.1) is 11.8 Å². The van der Waals surface area contributed by atoms with E-state index in [1.54, 1.807) is 36.4 Å². The number of hydrogen-bond donors (Lipinski definition) is 0. The summed E-state index contributed by atoms with van der Waals surface area (Å²) in [5.74, 6) is 1.56. The van der Waals surface area contributed by atoms with E-state index in [0.29, 0.717) is 41.2 Å². The standard InChI is InChI=1S/C32H35NO5/c1-33(2,19-10-20-36-23-11-4-3-5-12-23)27-21-22-17-18-24(27)30(22)38-31(34)32(35)25-13-6-8-15-28(25)37-29-16-9-7-14-26(29)32/h3-9,11-16,22,24,27,30H,10,17-21H2,1-2H3/t22?,24?,27-,30?/m0/s1. The first-order valence-corrected chi connectivity index (χ1v) is 13.7. The molecule has 3 unspecified atom stereocenters. The number of carbonyl (C=O) groups excluding carboxylic acids is 1. The Hall–Kier alpha value is -3.35. The summed E-state index contributed by atoms with van der Waals surface area (Å²) < 4.78 is 19.0. The lowest BCUT2D eigenvalue weighted by atomic mass is 9.83. The SMILES string of the molecule is C[N+](C)(CCCOc1ccccc1)[C@H]1CC2CCC1C2OC(=O)C1([O-])c2ccccc2Oc2ccccc21. The summed E-state index contributed by atoms with van der Waals surface area (Å²) in [6, 6.07) is 24.3. The van der Waals surface area contributed by atoms with Gasteiger partial charge in [0, 0.05) is 41.4 Å². The summed E-state index contributed by atoms with van der Waals surface area (Å²) in [5, 5.41) is 14.5. The molecule has 6 nitrogen and oxygen atoms in total. The number of quaternary nitrogens is 1. The number of hydrogen-bond acceptors (Lipinski definition) is 5. The molecule has 2 bridgehead atoms. The van der Waals surface area contributed by atoms with Crippen molar-refractivity contribution in [2.75, 3.05) is 27.2 Å².